The van der Waals surface area contributed by atoms with Gasteiger partial charge in [0.25, 0.3) is 0 Å². The molecule has 0 spiro atoms. The van der Waals surface area contributed by atoms with Crippen LogP contribution in [0, 0.1) is 5.92 Å². The van der Waals surface area contributed by atoms with E-state index in [4.69, 9.17) is 40.1 Å². The molecular formula is C40H69N15O10. The Hall–Kier alpha value is -6.60. The van der Waals surface area contributed by atoms with E-state index < -0.39 is 102 Å². The summed E-state index contributed by atoms with van der Waals surface area (Å²) in [4.78, 5) is 113. The SMILES string of the molecule is CC(C)C(NC(=O)C(CCCN=C(N)N)NC(=O)C(CO)NC(=O)C(CCCCN)NC(=O)C(CCC(N)=O)NC(=O)C(N)CCCN=C(N)N)C(=O)NC(Cc1ccccc1)C(=O)O. The zero-order valence-corrected chi connectivity index (χ0v) is 37.0. The number of aliphatic hydroxyl groups is 1. The molecule has 0 heterocycles. The third kappa shape index (κ3) is 23.1. The number of guanidine groups is 2. The number of carbonyl (C=O) groups excluding carboxylic acids is 7. The van der Waals surface area contributed by atoms with Gasteiger partial charge in [0, 0.05) is 25.9 Å². The first-order valence-corrected chi connectivity index (χ1v) is 21.2. The van der Waals surface area contributed by atoms with Crippen LogP contribution in [-0.2, 0) is 44.8 Å². The molecule has 7 atom stereocenters. The summed E-state index contributed by atoms with van der Waals surface area (Å²) in [5.41, 5.74) is 39.1. The first-order chi connectivity index (χ1) is 30.7. The van der Waals surface area contributed by atoms with E-state index in [9.17, 15) is 48.6 Å². The number of amides is 7. The number of unbranched alkanes of at least 4 members (excludes halogenated alkanes) is 1. The zero-order valence-electron chi connectivity index (χ0n) is 37.0. The van der Waals surface area contributed by atoms with Crippen LogP contribution in [-0.4, -0.2) is 138 Å². The van der Waals surface area contributed by atoms with Crippen molar-refractivity contribution in [1.82, 2.24) is 31.9 Å². The van der Waals surface area contributed by atoms with E-state index in [1.165, 1.54) is 0 Å². The fourth-order valence-corrected chi connectivity index (χ4v) is 6.13. The molecule has 0 aliphatic carbocycles. The summed E-state index contributed by atoms with van der Waals surface area (Å²) in [5.74, 6) is -8.28. The number of nitrogens with one attached hydrogen (secondary N) is 6. The quantitative estimate of drug-likeness (QED) is 0.0182. The van der Waals surface area contributed by atoms with Crippen molar-refractivity contribution >= 4 is 59.2 Å². The first-order valence-electron chi connectivity index (χ1n) is 21.2. The van der Waals surface area contributed by atoms with Crippen LogP contribution >= 0.6 is 0 Å². The van der Waals surface area contributed by atoms with Crippen LogP contribution in [0.15, 0.2) is 40.3 Å². The molecule has 1 aromatic carbocycles. The Bertz CT molecular complexity index is 1780. The highest BCUT2D eigenvalue weighted by atomic mass is 16.4. The van der Waals surface area contributed by atoms with Gasteiger partial charge in [-0.2, -0.15) is 0 Å². The van der Waals surface area contributed by atoms with Crippen LogP contribution in [0.5, 0.6) is 0 Å². The van der Waals surface area contributed by atoms with Crippen molar-refractivity contribution in [3.05, 3.63) is 35.9 Å². The molecule has 25 heteroatoms. The van der Waals surface area contributed by atoms with Crippen LogP contribution < -0.4 is 72.0 Å². The lowest BCUT2D eigenvalue weighted by atomic mass is 10.0. The second-order valence-corrected chi connectivity index (χ2v) is 15.5. The minimum absolute atomic E-state index is 0.0160. The molecule has 0 aromatic heterocycles. The first kappa shape index (κ1) is 56.4. The lowest BCUT2D eigenvalue weighted by Crippen LogP contribution is -2.61. The number of aliphatic carboxylic acids is 1. The number of rotatable bonds is 32. The number of hydrogen-bond donors (Lipinski definition) is 15. The van der Waals surface area contributed by atoms with Gasteiger partial charge in [-0.3, -0.25) is 43.5 Å². The maximum atomic E-state index is 13.8. The third-order valence-corrected chi connectivity index (χ3v) is 9.73. The van der Waals surface area contributed by atoms with E-state index >= 15 is 0 Å². The minimum atomic E-state index is -1.69. The molecule has 0 bridgehead atoms. The van der Waals surface area contributed by atoms with Crippen LogP contribution in [0.3, 0.4) is 0 Å². The fraction of sp³-hybridized carbons (Fsp3) is 0.600. The Morgan fingerprint density at radius 2 is 1.05 bits per heavy atom. The molecule has 7 unspecified atom stereocenters. The van der Waals surface area contributed by atoms with Crippen molar-refractivity contribution in [2.75, 3.05) is 26.2 Å². The molecule has 25 nitrogen and oxygen atoms in total. The molecule has 0 saturated carbocycles. The summed E-state index contributed by atoms with van der Waals surface area (Å²) >= 11 is 0. The molecule has 0 fully saturated rings. The van der Waals surface area contributed by atoms with E-state index in [-0.39, 0.29) is 76.5 Å². The van der Waals surface area contributed by atoms with Crippen LogP contribution in [0.1, 0.15) is 77.2 Å². The number of nitrogens with zero attached hydrogens (tertiary/aromatic N) is 2. The highest BCUT2D eigenvalue weighted by Crippen LogP contribution is 2.10. The van der Waals surface area contributed by atoms with E-state index in [2.05, 4.69) is 41.9 Å². The minimum Gasteiger partial charge on any atom is -0.480 e. The molecule has 1 aromatic rings. The van der Waals surface area contributed by atoms with Crippen molar-refractivity contribution in [3.8, 4) is 0 Å². The van der Waals surface area contributed by atoms with Crippen LogP contribution in [0.2, 0.25) is 0 Å². The lowest BCUT2D eigenvalue weighted by molar-refractivity contribution is -0.142. The second kappa shape index (κ2) is 30.5. The number of carboxylic acid groups (broad SMARTS) is 1. The van der Waals surface area contributed by atoms with Gasteiger partial charge >= 0.3 is 5.97 Å². The number of aliphatic imine (C=N–C) groups is 2. The summed E-state index contributed by atoms with van der Waals surface area (Å²) in [6.07, 6.45) is 0.596. The van der Waals surface area contributed by atoms with E-state index in [1.807, 2.05) is 0 Å². The summed E-state index contributed by atoms with van der Waals surface area (Å²) in [5, 5.41) is 35.1. The van der Waals surface area contributed by atoms with Crippen molar-refractivity contribution in [2.45, 2.75) is 120 Å². The number of aliphatic hydroxyl groups excluding tert-OH is 1. The van der Waals surface area contributed by atoms with Gasteiger partial charge in [0.2, 0.25) is 41.4 Å². The number of nitrogens with two attached hydrogens (primary N) is 7. The molecule has 0 radical (unpaired) electrons. The van der Waals surface area contributed by atoms with Gasteiger partial charge in [0.05, 0.1) is 12.6 Å². The van der Waals surface area contributed by atoms with Gasteiger partial charge in [0.1, 0.15) is 36.3 Å². The smallest absolute Gasteiger partial charge is 0.326 e. The topological polar surface area (TPSA) is 456 Å². The van der Waals surface area contributed by atoms with Crippen molar-refractivity contribution in [2.24, 2.45) is 56.0 Å². The van der Waals surface area contributed by atoms with Crippen molar-refractivity contribution < 1.29 is 48.6 Å². The molecule has 364 valence electrons. The molecule has 1 rings (SSSR count). The van der Waals surface area contributed by atoms with Gasteiger partial charge in [-0.15, -0.1) is 0 Å². The largest absolute Gasteiger partial charge is 0.480 e. The lowest BCUT2D eigenvalue weighted by Gasteiger charge is -2.28. The Morgan fingerprint density at radius 3 is 1.54 bits per heavy atom. The molecule has 0 saturated heterocycles. The summed E-state index contributed by atoms with van der Waals surface area (Å²) in [6.45, 7) is 2.72. The monoisotopic (exact) mass is 920 g/mol. The number of carbonyl (C=O) groups is 8. The number of hydrogen-bond acceptors (Lipinski definition) is 13. The maximum absolute atomic E-state index is 13.8. The second-order valence-electron chi connectivity index (χ2n) is 15.5. The molecule has 22 N–H and O–H groups in total. The van der Waals surface area contributed by atoms with Crippen LogP contribution in [0.4, 0.5) is 0 Å². The summed E-state index contributed by atoms with van der Waals surface area (Å²) in [7, 11) is 0. The molecule has 0 aliphatic rings. The van der Waals surface area contributed by atoms with Gasteiger partial charge in [-0.1, -0.05) is 44.2 Å². The maximum Gasteiger partial charge on any atom is 0.326 e. The van der Waals surface area contributed by atoms with E-state index in [1.54, 1.807) is 44.2 Å². The Morgan fingerprint density at radius 1 is 0.585 bits per heavy atom. The van der Waals surface area contributed by atoms with Gasteiger partial charge in [-0.05, 0) is 69.4 Å². The molecule has 65 heavy (non-hydrogen) atoms. The van der Waals surface area contributed by atoms with Gasteiger partial charge < -0.3 is 82.2 Å². The average molecular weight is 920 g/mol. The number of primary amides is 1. The van der Waals surface area contributed by atoms with Gasteiger partial charge in [0.15, 0.2) is 11.9 Å². The molecule has 0 aliphatic heterocycles. The fourth-order valence-electron chi connectivity index (χ4n) is 6.13. The Kier molecular flexibility index (Phi) is 26.5. The predicted octanol–water partition coefficient (Wildman–Crippen LogP) is -5.30. The normalized spacial score (nSPS) is 14.1. The van der Waals surface area contributed by atoms with Gasteiger partial charge in [-0.25, -0.2) is 4.79 Å². The number of benzene rings is 1. The Labute approximate surface area is 377 Å². The van der Waals surface area contributed by atoms with E-state index in [0.29, 0.717) is 24.8 Å². The highest BCUT2D eigenvalue weighted by Gasteiger charge is 2.34. The summed E-state index contributed by atoms with van der Waals surface area (Å²) < 4.78 is 0. The highest BCUT2D eigenvalue weighted by molar-refractivity contribution is 5.97. The average Bonchev–Trinajstić information content (AvgIpc) is 3.24. The van der Waals surface area contributed by atoms with Crippen LogP contribution in [0.25, 0.3) is 0 Å². The third-order valence-electron chi connectivity index (χ3n) is 9.73. The van der Waals surface area contributed by atoms with Crippen molar-refractivity contribution in [3.63, 3.8) is 0 Å². The predicted molar refractivity (Wildman–Crippen MR) is 240 cm³/mol. The zero-order chi connectivity index (χ0) is 49.1. The Balaban J connectivity index is 3.29. The summed E-state index contributed by atoms with van der Waals surface area (Å²) in [6, 6.07) is -0.946. The molecular weight excluding hydrogens is 851 g/mol. The van der Waals surface area contributed by atoms with E-state index in [0.717, 1.165) is 0 Å². The number of carboxylic acids is 1. The standard InChI is InChI=1S/C40H69N15O10/c1-22(2)31(37(63)53-28(38(64)65)20-23-10-4-3-5-11-23)55-35(61)26(14-9-19-49-40(46)47)52-36(62)29(21-56)54-33(59)25(13-6-7-17-41)51-34(60)27(15-16-30(43)57)50-32(58)24(42)12-8-18-48-39(44)45/h3-5,10-11,22,24-29,31,56H,6-9,12-21,41-42H2,1-2H3,(H2,43,57)(H,50,58)(H,51,60)(H,52,62)(H,53,63)(H,54,59)(H,55,61)(H,64,65)(H4,44,45,48)(H4,46,47,49). The molecule has 7 amide bonds. The van der Waals surface area contributed by atoms with Crippen molar-refractivity contribution in [1.29, 1.82) is 0 Å².